The summed E-state index contributed by atoms with van der Waals surface area (Å²) in [4.78, 5) is 0. The van der Waals surface area contributed by atoms with Gasteiger partial charge in [0, 0.05) is 32.9 Å². The molecule has 1 aliphatic rings. The van der Waals surface area contributed by atoms with Crippen molar-refractivity contribution in [1.29, 1.82) is 0 Å². The quantitative estimate of drug-likeness (QED) is 0.175. The predicted molar refractivity (Wildman–Crippen MR) is 217 cm³/mol. The van der Waals surface area contributed by atoms with Crippen LogP contribution in [0.25, 0.3) is 82.8 Å². The molecule has 7 aromatic carbocycles. The molecule has 10 rings (SSSR count). The van der Waals surface area contributed by atoms with Crippen molar-refractivity contribution in [2.45, 2.75) is 13.3 Å². The van der Waals surface area contributed by atoms with Crippen LogP contribution in [0, 0.1) is 5.92 Å². The minimum Gasteiger partial charge on any atom is -0.309 e. The summed E-state index contributed by atoms with van der Waals surface area (Å²) in [5.74, 6) is 0.402. The third-order valence-corrected chi connectivity index (χ3v) is 10.8. The van der Waals surface area contributed by atoms with Crippen LogP contribution in [0.1, 0.15) is 18.9 Å². The lowest BCUT2D eigenvalue weighted by atomic mass is 9.82. The van der Waals surface area contributed by atoms with Gasteiger partial charge < -0.3 is 9.13 Å². The van der Waals surface area contributed by atoms with Gasteiger partial charge in [0.05, 0.1) is 22.1 Å². The molecule has 9 aromatic rings. The standard InChI is InChI=1S/C49H36N2/c1-33-15-5-6-18-37(33)45-32-36(51-48-25-13-9-21-42(48)43-22-10-14-26-49(43)51)28-30-39(45)38-29-27-35(31-44(38)34-16-3-2-4-17-34)50-46-23-11-7-19-40(46)41-20-8-12-24-47(41)50/h2-14,16-33H,15H2,1H3. The molecule has 0 radical (unpaired) electrons. The van der Waals surface area contributed by atoms with E-state index in [0.29, 0.717) is 5.92 Å². The van der Waals surface area contributed by atoms with Crippen molar-refractivity contribution >= 4 is 49.2 Å². The molecule has 0 fully saturated rings. The maximum Gasteiger partial charge on any atom is 0.0541 e. The van der Waals surface area contributed by atoms with Crippen LogP contribution in [0.5, 0.6) is 0 Å². The normalized spacial score (nSPS) is 14.5. The molecule has 0 N–H and O–H groups in total. The van der Waals surface area contributed by atoms with Crippen LogP contribution < -0.4 is 0 Å². The number of fused-ring (bicyclic) bond motifs is 6. The zero-order valence-electron chi connectivity index (χ0n) is 28.5. The van der Waals surface area contributed by atoms with Gasteiger partial charge in [-0.15, -0.1) is 0 Å². The first-order valence-electron chi connectivity index (χ1n) is 17.9. The molecular weight excluding hydrogens is 617 g/mol. The first kappa shape index (κ1) is 29.5. The summed E-state index contributed by atoms with van der Waals surface area (Å²) in [6.07, 6.45) is 7.89. The summed E-state index contributed by atoms with van der Waals surface area (Å²) in [7, 11) is 0. The lowest BCUT2D eigenvalue weighted by molar-refractivity contribution is 0.759. The van der Waals surface area contributed by atoms with Gasteiger partial charge in [0.25, 0.3) is 0 Å². The molecule has 0 spiro atoms. The number of para-hydroxylation sites is 4. The summed E-state index contributed by atoms with van der Waals surface area (Å²) in [6, 6.07) is 60.1. The Hall–Kier alpha value is -6.38. The summed E-state index contributed by atoms with van der Waals surface area (Å²) in [5.41, 5.74) is 14.8. The molecule has 0 bridgehead atoms. The Labute approximate surface area is 297 Å². The van der Waals surface area contributed by atoms with E-state index in [-0.39, 0.29) is 0 Å². The fourth-order valence-electron chi connectivity index (χ4n) is 8.41. The minimum absolute atomic E-state index is 0.402. The number of benzene rings is 7. The topological polar surface area (TPSA) is 9.86 Å². The Bertz CT molecular complexity index is 2740. The van der Waals surface area contributed by atoms with Crippen molar-refractivity contribution in [3.63, 3.8) is 0 Å². The molecule has 2 aromatic heterocycles. The summed E-state index contributed by atoms with van der Waals surface area (Å²) in [6.45, 7) is 2.36. The van der Waals surface area contributed by atoms with Crippen LogP contribution in [0.2, 0.25) is 0 Å². The average molecular weight is 653 g/mol. The van der Waals surface area contributed by atoms with Gasteiger partial charge in [-0.05, 0) is 94.3 Å². The molecular formula is C49H36N2. The Morgan fingerprint density at radius 2 is 0.863 bits per heavy atom. The lowest BCUT2D eigenvalue weighted by Crippen LogP contribution is -2.05. The molecule has 1 unspecified atom stereocenters. The molecule has 1 atom stereocenters. The third-order valence-electron chi connectivity index (χ3n) is 10.8. The Balaban J connectivity index is 1.24. The van der Waals surface area contributed by atoms with Crippen LogP contribution in [0.15, 0.2) is 182 Å². The number of hydrogen-bond acceptors (Lipinski definition) is 0. The first-order chi connectivity index (χ1) is 25.2. The summed E-state index contributed by atoms with van der Waals surface area (Å²) in [5, 5.41) is 5.10. The highest BCUT2D eigenvalue weighted by molar-refractivity contribution is 6.10. The van der Waals surface area contributed by atoms with Crippen LogP contribution in [0.4, 0.5) is 0 Å². The zero-order valence-corrected chi connectivity index (χ0v) is 28.5. The van der Waals surface area contributed by atoms with Gasteiger partial charge in [0.15, 0.2) is 0 Å². The molecule has 2 nitrogen and oxygen atoms in total. The van der Waals surface area contributed by atoms with Crippen molar-refractivity contribution in [3.05, 3.63) is 188 Å². The number of nitrogens with zero attached hydrogens (tertiary/aromatic N) is 2. The molecule has 51 heavy (non-hydrogen) atoms. The molecule has 2 heteroatoms. The van der Waals surface area contributed by atoms with E-state index in [2.05, 4.69) is 198 Å². The fourth-order valence-corrected chi connectivity index (χ4v) is 8.41. The van der Waals surface area contributed by atoms with E-state index in [0.717, 1.165) is 12.1 Å². The van der Waals surface area contributed by atoms with Gasteiger partial charge in [-0.2, -0.15) is 0 Å². The van der Waals surface area contributed by atoms with Gasteiger partial charge >= 0.3 is 0 Å². The number of hydrogen-bond donors (Lipinski definition) is 0. The molecule has 1 aliphatic carbocycles. The fraction of sp³-hybridized carbons (Fsp3) is 0.0612. The maximum atomic E-state index is 2.44. The number of aromatic nitrogens is 2. The number of rotatable bonds is 5. The van der Waals surface area contributed by atoms with E-state index in [9.17, 15) is 0 Å². The van der Waals surface area contributed by atoms with Crippen LogP contribution in [-0.2, 0) is 0 Å². The average Bonchev–Trinajstić information content (AvgIpc) is 3.71. The van der Waals surface area contributed by atoms with E-state index in [1.54, 1.807) is 0 Å². The van der Waals surface area contributed by atoms with Crippen molar-refractivity contribution in [2.24, 2.45) is 5.92 Å². The minimum atomic E-state index is 0.402. The lowest BCUT2D eigenvalue weighted by Gasteiger charge is -2.24. The zero-order chi connectivity index (χ0) is 33.9. The highest BCUT2D eigenvalue weighted by Crippen LogP contribution is 2.43. The van der Waals surface area contributed by atoms with E-state index < -0.39 is 0 Å². The molecule has 0 aliphatic heterocycles. The second-order valence-electron chi connectivity index (χ2n) is 13.8. The second-order valence-corrected chi connectivity index (χ2v) is 13.8. The van der Waals surface area contributed by atoms with Gasteiger partial charge in [-0.3, -0.25) is 0 Å². The summed E-state index contributed by atoms with van der Waals surface area (Å²) < 4.78 is 4.86. The van der Waals surface area contributed by atoms with Gasteiger partial charge in [-0.1, -0.05) is 140 Å². The van der Waals surface area contributed by atoms with Crippen molar-refractivity contribution in [2.75, 3.05) is 0 Å². The molecule has 0 amide bonds. The van der Waals surface area contributed by atoms with E-state index in [4.69, 9.17) is 0 Å². The van der Waals surface area contributed by atoms with Crippen molar-refractivity contribution in [1.82, 2.24) is 9.13 Å². The third kappa shape index (κ3) is 4.71. The Morgan fingerprint density at radius 3 is 1.35 bits per heavy atom. The van der Waals surface area contributed by atoms with Gasteiger partial charge in [-0.25, -0.2) is 0 Å². The second kappa shape index (κ2) is 11.9. The van der Waals surface area contributed by atoms with Crippen molar-refractivity contribution < 1.29 is 0 Å². The highest BCUT2D eigenvalue weighted by atomic mass is 15.0. The predicted octanol–water partition coefficient (Wildman–Crippen LogP) is 13.2. The Kier molecular flexibility index (Phi) is 6.89. The van der Waals surface area contributed by atoms with Crippen LogP contribution in [0.3, 0.4) is 0 Å². The van der Waals surface area contributed by atoms with Crippen LogP contribution >= 0.6 is 0 Å². The number of allylic oxidation sites excluding steroid dienone is 4. The first-order valence-corrected chi connectivity index (χ1v) is 17.9. The molecule has 242 valence electrons. The maximum absolute atomic E-state index is 2.44. The molecule has 0 saturated carbocycles. The van der Waals surface area contributed by atoms with E-state index >= 15 is 0 Å². The Morgan fingerprint density at radius 1 is 0.431 bits per heavy atom. The largest absolute Gasteiger partial charge is 0.309 e. The highest BCUT2D eigenvalue weighted by Gasteiger charge is 2.22. The molecule has 0 saturated heterocycles. The monoisotopic (exact) mass is 652 g/mol. The smallest absolute Gasteiger partial charge is 0.0541 e. The van der Waals surface area contributed by atoms with E-state index in [1.165, 1.54) is 82.7 Å². The van der Waals surface area contributed by atoms with E-state index in [1.807, 2.05) is 0 Å². The van der Waals surface area contributed by atoms with Crippen LogP contribution in [-0.4, -0.2) is 9.13 Å². The SMILES string of the molecule is CC1CC=CC=C1c1cc(-n2c3ccccc3c3ccccc32)ccc1-c1ccc(-n2c3ccccc3c3ccccc32)cc1-c1ccccc1. The van der Waals surface area contributed by atoms with Gasteiger partial charge in [0.1, 0.15) is 0 Å². The van der Waals surface area contributed by atoms with Gasteiger partial charge in [0.2, 0.25) is 0 Å². The van der Waals surface area contributed by atoms with Crippen molar-refractivity contribution in [3.8, 4) is 33.6 Å². The molecule has 2 heterocycles. The summed E-state index contributed by atoms with van der Waals surface area (Å²) >= 11 is 0.